The number of aliphatic hydroxyl groups excluding tert-OH is 1. The van der Waals surface area contributed by atoms with Crippen LogP contribution in [0.2, 0.25) is 0 Å². The minimum atomic E-state index is -4.64. The number of halogens is 3. The Hall–Kier alpha value is -4.07. The number of carbonyl (C=O) groups excluding carboxylic acids is 1. The molecule has 1 aliphatic rings. The van der Waals surface area contributed by atoms with Crippen molar-refractivity contribution in [3.8, 4) is 5.75 Å². The Balaban J connectivity index is 1.63. The number of alkyl halides is 3. The Morgan fingerprint density at radius 3 is 2.52 bits per heavy atom. The molecule has 0 bridgehead atoms. The minimum Gasteiger partial charge on any atom is -0.494 e. The summed E-state index contributed by atoms with van der Waals surface area (Å²) in [5, 5.41) is 17.9. The van der Waals surface area contributed by atoms with Gasteiger partial charge in [-0.3, -0.25) is 19.4 Å². The molecule has 1 fully saturated rings. The van der Waals surface area contributed by atoms with Crippen molar-refractivity contribution >= 4 is 23.0 Å². The van der Waals surface area contributed by atoms with E-state index in [2.05, 4.69) is 10.4 Å². The molecule has 1 aromatic heterocycles. The van der Waals surface area contributed by atoms with E-state index in [4.69, 9.17) is 16.3 Å². The second-order valence-electron chi connectivity index (χ2n) is 10.4. The number of anilines is 2. The third kappa shape index (κ3) is 6.86. The largest absolute Gasteiger partial charge is 0.494 e. The van der Waals surface area contributed by atoms with Crippen molar-refractivity contribution in [2.75, 3.05) is 30.5 Å². The lowest BCUT2D eigenvalue weighted by Crippen LogP contribution is -2.35. The lowest BCUT2D eigenvalue weighted by atomic mass is 10.0. The topological polar surface area (TPSA) is 135 Å². The molecule has 6 N–H and O–H groups in total. The molecular formula is C29H36F3N7O3. The molecule has 42 heavy (non-hydrogen) atoms. The number of nitrogens with two attached hydrogens (primary N) is 2. The summed E-state index contributed by atoms with van der Waals surface area (Å²) in [4.78, 5) is 15.3. The number of benzene rings is 2. The summed E-state index contributed by atoms with van der Waals surface area (Å²) in [5.74, 6) is 5.79. The molecule has 0 unspecified atom stereocenters. The maximum atomic E-state index is 13.9. The zero-order valence-electron chi connectivity index (χ0n) is 24.0. The van der Waals surface area contributed by atoms with Gasteiger partial charge in [-0.1, -0.05) is 6.07 Å². The van der Waals surface area contributed by atoms with Gasteiger partial charge in [0.05, 0.1) is 42.0 Å². The number of aryl methyl sites for hydroxylation is 2. The SMILES string of the molecule is COc1c(CN2CCC(O)CC2)cc(C(F)(F)F)cc1NC(=O)c1ccc(C)c(N(N)/C=C(\N)c2cnn(C)c2C)c1. The Morgan fingerprint density at radius 1 is 1.24 bits per heavy atom. The molecule has 0 atom stereocenters. The maximum Gasteiger partial charge on any atom is 0.416 e. The van der Waals surface area contributed by atoms with Gasteiger partial charge >= 0.3 is 6.18 Å². The van der Waals surface area contributed by atoms with Gasteiger partial charge in [0.1, 0.15) is 5.75 Å². The van der Waals surface area contributed by atoms with E-state index in [1.165, 1.54) is 24.4 Å². The summed E-state index contributed by atoms with van der Waals surface area (Å²) in [6.07, 6.45) is -0.876. The highest BCUT2D eigenvalue weighted by Crippen LogP contribution is 2.39. The first-order valence-corrected chi connectivity index (χ1v) is 13.4. The molecule has 0 spiro atoms. The average molecular weight is 588 g/mol. The van der Waals surface area contributed by atoms with Gasteiger partial charge in [0.2, 0.25) is 0 Å². The molecule has 0 saturated carbocycles. The number of hydrogen-bond donors (Lipinski definition) is 4. The molecule has 1 aliphatic heterocycles. The van der Waals surface area contributed by atoms with Crippen molar-refractivity contribution in [3.05, 3.63) is 76.2 Å². The summed E-state index contributed by atoms with van der Waals surface area (Å²) in [5.41, 5.74) is 8.81. The van der Waals surface area contributed by atoms with E-state index in [1.54, 1.807) is 37.0 Å². The fourth-order valence-electron chi connectivity index (χ4n) is 4.92. The summed E-state index contributed by atoms with van der Waals surface area (Å²) in [7, 11) is 3.14. The summed E-state index contributed by atoms with van der Waals surface area (Å²) in [6.45, 7) is 4.90. The van der Waals surface area contributed by atoms with Crippen LogP contribution in [0, 0.1) is 13.8 Å². The highest BCUT2D eigenvalue weighted by molar-refractivity contribution is 6.06. The Morgan fingerprint density at radius 2 is 1.93 bits per heavy atom. The molecule has 10 nitrogen and oxygen atoms in total. The third-order valence-corrected chi connectivity index (χ3v) is 7.47. The zero-order valence-corrected chi connectivity index (χ0v) is 24.0. The molecule has 13 heteroatoms. The lowest BCUT2D eigenvalue weighted by molar-refractivity contribution is -0.137. The van der Waals surface area contributed by atoms with Crippen LogP contribution in [0.3, 0.4) is 0 Å². The van der Waals surface area contributed by atoms with Crippen LogP contribution in [0.5, 0.6) is 5.75 Å². The number of rotatable bonds is 8. The molecule has 1 amide bonds. The van der Waals surface area contributed by atoms with E-state index in [9.17, 15) is 23.1 Å². The zero-order chi connectivity index (χ0) is 30.8. The second kappa shape index (κ2) is 12.4. The van der Waals surface area contributed by atoms with Crippen molar-refractivity contribution in [3.63, 3.8) is 0 Å². The van der Waals surface area contributed by atoms with E-state index in [-0.39, 0.29) is 29.1 Å². The summed E-state index contributed by atoms with van der Waals surface area (Å²) in [6, 6.07) is 6.68. The smallest absolute Gasteiger partial charge is 0.416 e. The maximum absolute atomic E-state index is 13.9. The lowest BCUT2D eigenvalue weighted by Gasteiger charge is -2.30. The molecule has 0 radical (unpaired) electrons. The number of carbonyl (C=O) groups is 1. The predicted molar refractivity (Wildman–Crippen MR) is 154 cm³/mol. The fraction of sp³-hybridized carbons (Fsp3) is 0.379. The van der Waals surface area contributed by atoms with Crippen LogP contribution in [-0.2, 0) is 19.8 Å². The van der Waals surface area contributed by atoms with Gasteiger partial charge in [0.15, 0.2) is 0 Å². The van der Waals surface area contributed by atoms with Crippen molar-refractivity contribution < 1.29 is 27.8 Å². The van der Waals surface area contributed by atoms with Crippen LogP contribution in [0.15, 0.2) is 42.7 Å². The van der Waals surface area contributed by atoms with E-state index in [0.717, 1.165) is 23.4 Å². The van der Waals surface area contributed by atoms with Crippen LogP contribution in [-0.4, -0.2) is 52.0 Å². The molecule has 226 valence electrons. The van der Waals surface area contributed by atoms with Gasteiger partial charge in [-0.25, -0.2) is 5.84 Å². The van der Waals surface area contributed by atoms with Crippen molar-refractivity contribution in [1.82, 2.24) is 14.7 Å². The number of aliphatic hydroxyl groups is 1. The number of hydrogen-bond acceptors (Lipinski definition) is 8. The minimum absolute atomic E-state index is 0.104. The molecule has 4 rings (SSSR count). The number of amides is 1. The van der Waals surface area contributed by atoms with Gasteiger partial charge < -0.3 is 20.9 Å². The normalized spacial score (nSPS) is 15.1. The second-order valence-corrected chi connectivity index (χ2v) is 10.4. The predicted octanol–water partition coefficient (Wildman–Crippen LogP) is 3.91. The van der Waals surface area contributed by atoms with Crippen molar-refractivity contribution in [2.45, 2.75) is 45.5 Å². The Bertz CT molecular complexity index is 1480. The van der Waals surface area contributed by atoms with E-state index >= 15 is 0 Å². The number of methoxy groups -OCH3 is 1. The molecule has 3 aromatic rings. The molecule has 2 aromatic carbocycles. The quantitative estimate of drug-likeness (QED) is 0.230. The molecule has 1 saturated heterocycles. The Labute approximate surface area is 242 Å². The Kier molecular flexibility index (Phi) is 9.14. The van der Waals surface area contributed by atoms with Crippen LogP contribution < -0.4 is 26.6 Å². The fourth-order valence-corrected chi connectivity index (χ4v) is 4.92. The van der Waals surface area contributed by atoms with Gasteiger partial charge in [-0.05, 0) is 56.5 Å². The van der Waals surface area contributed by atoms with Crippen molar-refractivity contribution in [2.24, 2.45) is 18.6 Å². The van der Waals surface area contributed by atoms with Crippen molar-refractivity contribution in [1.29, 1.82) is 0 Å². The number of piperidine rings is 1. The third-order valence-electron chi connectivity index (χ3n) is 7.47. The number of hydrazine groups is 1. The van der Waals surface area contributed by atoms with Crippen LogP contribution in [0.1, 0.15) is 51.1 Å². The summed E-state index contributed by atoms with van der Waals surface area (Å²) < 4.78 is 48.8. The molecular weight excluding hydrogens is 551 g/mol. The van der Waals surface area contributed by atoms with Gasteiger partial charge in [-0.2, -0.15) is 18.3 Å². The number of nitrogens with zero attached hydrogens (tertiary/aromatic N) is 4. The highest BCUT2D eigenvalue weighted by atomic mass is 19.4. The van der Waals surface area contributed by atoms with Gasteiger partial charge in [0.25, 0.3) is 5.91 Å². The monoisotopic (exact) mass is 587 g/mol. The number of nitrogens with one attached hydrogen (secondary N) is 1. The van der Waals surface area contributed by atoms with E-state index in [0.29, 0.717) is 42.9 Å². The molecule has 0 aliphatic carbocycles. The number of ether oxygens (including phenoxy) is 1. The van der Waals surface area contributed by atoms with Crippen LogP contribution in [0.4, 0.5) is 24.5 Å². The number of aromatic nitrogens is 2. The van der Waals surface area contributed by atoms with Crippen LogP contribution in [0.25, 0.3) is 5.70 Å². The van der Waals surface area contributed by atoms with Gasteiger partial charge in [-0.15, -0.1) is 0 Å². The standard InChI is InChI=1S/C29H36F3N7O3/c1-17-5-6-19(12-26(17)39(34)16-24(33)23-14-35-37(3)18(23)2)28(41)36-25-13-21(29(30,31)32)11-20(27(25)42-4)15-38-9-7-22(40)8-10-38/h5-6,11-14,16,22,40H,7-10,15,33-34H2,1-4H3,(H,36,41)/b24-16-. The summed E-state index contributed by atoms with van der Waals surface area (Å²) >= 11 is 0. The molecule has 2 heterocycles. The van der Waals surface area contributed by atoms with Gasteiger partial charge in [0, 0.05) is 55.3 Å². The van der Waals surface area contributed by atoms with E-state index in [1.807, 2.05) is 11.8 Å². The average Bonchev–Trinajstić information content (AvgIpc) is 3.27. The number of likely N-dealkylation sites (tertiary alicyclic amines) is 1. The first kappa shape index (κ1) is 30.9. The highest BCUT2D eigenvalue weighted by Gasteiger charge is 2.33. The van der Waals surface area contributed by atoms with Crippen LogP contribution >= 0.6 is 0 Å². The first-order valence-electron chi connectivity index (χ1n) is 13.4. The van der Waals surface area contributed by atoms with E-state index < -0.39 is 23.8 Å². The first-order chi connectivity index (χ1) is 19.8.